The molecule has 0 bridgehead atoms. The highest BCUT2D eigenvalue weighted by Gasteiger charge is 2.01. The quantitative estimate of drug-likeness (QED) is 0.374. The van der Waals surface area contributed by atoms with Gasteiger partial charge in [0.25, 0.3) is 0 Å². The van der Waals surface area contributed by atoms with Crippen molar-refractivity contribution in [3.63, 3.8) is 0 Å². The maximum atomic E-state index is 5.54. The Hall–Kier alpha value is -2.13. The van der Waals surface area contributed by atoms with Crippen LogP contribution in [0.25, 0.3) is 0 Å². The number of aryl methyl sites for hydroxylation is 1. The van der Waals surface area contributed by atoms with Gasteiger partial charge in [-0.3, -0.25) is 0 Å². The van der Waals surface area contributed by atoms with E-state index in [0.717, 1.165) is 17.7 Å². The van der Waals surface area contributed by atoms with E-state index < -0.39 is 0 Å². The van der Waals surface area contributed by atoms with Crippen LogP contribution < -0.4 is 11.3 Å². The standard InChI is InChI=1S/C15H17N3/c1-2-12-8-10-13(11-9-12)15(18-16)17-14-6-4-3-5-7-14/h3-11H,2,16H2,1H3,(H,17,18). The molecule has 0 fully saturated rings. The molecule has 3 N–H and O–H groups in total. The number of para-hydroxylation sites is 1. The van der Waals surface area contributed by atoms with E-state index >= 15 is 0 Å². The third-order valence-corrected chi connectivity index (χ3v) is 2.77. The van der Waals surface area contributed by atoms with Crippen LogP contribution in [0, 0.1) is 0 Å². The SMILES string of the molecule is CCc1ccc(C(=Nc2ccccc2)NN)cc1. The van der Waals surface area contributed by atoms with Gasteiger partial charge in [0.1, 0.15) is 5.84 Å². The van der Waals surface area contributed by atoms with Gasteiger partial charge in [0.05, 0.1) is 5.69 Å². The molecule has 0 atom stereocenters. The Morgan fingerprint density at radius 2 is 1.72 bits per heavy atom. The second-order valence-electron chi connectivity index (χ2n) is 3.99. The summed E-state index contributed by atoms with van der Waals surface area (Å²) in [4.78, 5) is 4.48. The second-order valence-corrected chi connectivity index (χ2v) is 3.99. The van der Waals surface area contributed by atoms with Crippen molar-refractivity contribution in [1.82, 2.24) is 5.43 Å². The molecule has 0 amide bonds. The van der Waals surface area contributed by atoms with Crippen molar-refractivity contribution in [3.8, 4) is 0 Å². The van der Waals surface area contributed by atoms with Crippen LogP contribution in [0.1, 0.15) is 18.1 Å². The molecule has 0 heterocycles. The minimum Gasteiger partial charge on any atom is -0.308 e. The number of amidine groups is 1. The molecule has 0 aliphatic heterocycles. The fourth-order valence-electron chi connectivity index (χ4n) is 1.71. The lowest BCUT2D eigenvalue weighted by atomic mass is 10.1. The Morgan fingerprint density at radius 1 is 1.06 bits per heavy atom. The number of hydrazine groups is 1. The predicted molar refractivity (Wildman–Crippen MR) is 75.8 cm³/mol. The highest BCUT2D eigenvalue weighted by atomic mass is 15.2. The summed E-state index contributed by atoms with van der Waals surface area (Å²) in [5, 5.41) is 0. The summed E-state index contributed by atoms with van der Waals surface area (Å²) in [6.45, 7) is 2.13. The first kappa shape index (κ1) is 12.3. The monoisotopic (exact) mass is 239 g/mol. The van der Waals surface area contributed by atoms with Crippen LogP contribution in [-0.2, 0) is 6.42 Å². The molecular formula is C15H17N3. The second kappa shape index (κ2) is 5.98. The van der Waals surface area contributed by atoms with Gasteiger partial charge in [0.15, 0.2) is 0 Å². The average Bonchev–Trinajstić information content (AvgIpc) is 2.46. The van der Waals surface area contributed by atoms with Crippen molar-refractivity contribution >= 4 is 11.5 Å². The van der Waals surface area contributed by atoms with Gasteiger partial charge >= 0.3 is 0 Å². The van der Waals surface area contributed by atoms with Crippen molar-refractivity contribution < 1.29 is 0 Å². The van der Waals surface area contributed by atoms with E-state index in [9.17, 15) is 0 Å². The number of benzene rings is 2. The minimum absolute atomic E-state index is 0.670. The van der Waals surface area contributed by atoms with E-state index in [0.29, 0.717) is 5.84 Å². The molecule has 0 spiro atoms. The first-order valence-corrected chi connectivity index (χ1v) is 6.03. The van der Waals surface area contributed by atoms with Gasteiger partial charge in [-0.2, -0.15) is 0 Å². The van der Waals surface area contributed by atoms with E-state index in [1.807, 2.05) is 42.5 Å². The molecule has 92 valence electrons. The summed E-state index contributed by atoms with van der Waals surface area (Å²) in [5.74, 6) is 6.21. The van der Waals surface area contributed by atoms with Gasteiger partial charge in [0, 0.05) is 5.56 Å². The number of aliphatic imine (C=N–C) groups is 1. The zero-order valence-corrected chi connectivity index (χ0v) is 10.4. The summed E-state index contributed by atoms with van der Waals surface area (Å²) >= 11 is 0. The largest absolute Gasteiger partial charge is 0.308 e. The van der Waals surface area contributed by atoms with Crippen molar-refractivity contribution in [3.05, 3.63) is 65.7 Å². The lowest BCUT2D eigenvalue weighted by Crippen LogP contribution is -2.30. The van der Waals surface area contributed by atoms with Crippen LogP contribution >= 0.6 is 0 Å². The molecule has 2 aromatic rings. The van der Waals surface area contributed by atoms with Gasteiger partial charge in [-0.05, 0) is 24.1 Å². The van der Waals surface area contributed by atoms with Crippen molar-refractivity contribution in [2.24, 2.45) is 10.8 Å². The number of nitrogens with two attached hydrogens (primary N) is 1. The summed E-state index contributed by atoms with van der Waals surface area (Å²) in [6.07, 6.45) is 1.03. The minimum atomic E-state index is 0.670. The highest BCUT2D eigenvalue weighted by molar-refractivity contribution is 5.99. The topological polar surface area (TPSA) is 50.4 Å². The van der Waals surface area contributed by atoms with E-state index in [2.05, 4.69) is 29.5 Å². The molecule has 3 nitrogen and oxygen atoms in total. The molecule has 3 heteroatoms. The number of hydrogen-bond acceptors (Lipinski definition) is 2. The predicted octanol–water partition coefficient (Wildman–Crippen LogP) is 2.79. The van der Waals surface area contributed by atoms with Crippen LogP contribution in [0.15, 0.2) is 59.6 Å². The third kappa shape index (κ3) is 2.96. The van der Waals surface area contributed by atoms with Crippen molar-refractivity contribution in [2.45, 2.75) is 13.3 Å². The molecule has 0 unspecified atom stereocenters. The van der Waals surface area contributed by atoms with E-state index in [4.69, 9.17) is 5.84 Å². The Morgan fingerprint density at radius 3 is 2.28 bits per heavy atom. The van der Waals surface area contributed by atoms with Crippen LogP contribution in [0.2, 0.25) is 0 Å². The van der Waals surface area contributed by atoms with E-state index in [1.54, 1.807) is 0 Å². The average molecular weight is 239 g/mol. The van der Waals surface area contributed by atoms with Gasteiger partial charge in [-0.25, -0.2) is 10.8 Å². The molecule has 18 heavy (non-hydrogen) atoms. The highest BCUT2D eigenvalue weighted by Crippen LogP contribution is 2.12. The van der Waals surface area contributed by atoms with Gasteiger partial charge in [0.2, 0.25) is 0 Å². The molecule has 0 radical (unpaired) electrons. The maximum Gasteiger partial charge on any atom is 0.147 e. The first-order valence-electron chi connectivity index (χ1n) is 6.03. The molecule has 0 saturated heterocycles. The maximum absolute atomic E-state index is 5.54. The number of rotatable bonds is 3. The molecular weight excluding hydrogens is 222 g/mol. The fraction of sp³-hybridized carbons (Fsp3) is 0.133. The summed E-state index contributed by atoms with van der Waals surface area (Å²) in [5.41, 5.74) is 5.82. The van der Waals surface area contributed by atoms with Crippen LogP contribution in [-0.4, -0.2) is 5.84 Å². The summed E-state index contributed by atoms with van der Waals surface area (Å²) in [7, 11) is 0. The Labute approximate surface area is 107 Å². The Kier molecular flexibility index (Phi) is 4.10. The lowest BCUT2D eigenvalue weighted by molar-refractivity contribution is 1.02. The molecule has 0 aliphatic rings. The third-order valence-electron chi connectivity index (χ3n) is 2.77. The zero-order chi connectivity index (χ0) is 12.8. The Balaban J connectivity index is 2.30. The van der Waals surface area contributed by atoms with E-state index in [-0.39, 0.29) is 0 Å². The smallest absolute Gasteiger partial charge is 0.147 e. The molecule has 2 aromatic carbocycles. The summed E-state index contributed by atoms with van der Waals surface area (Å²) < 4.78 is 0. The molecule has 0 aliphatic carbocycles. The number of nitrogens with one attached hydrogen (secondary N) is 1. The Bertz CT molecular complexity index is 515. The molecule has 0 aromatic heterocycles. The number of nitrogens with zero attached hydrogens (tertiary/aromatic N) is 1. The zero-order valence-electron chi connectivity index (χ0n) is 10.4. The summed E-state index contributed by atoms with van der Waals surface area (Å²) in [6, 6.07) is 18.0. The van der Waals surface area contributed by atoms with E-state index in [1.165, 1.54) is 5.56 Å². The van der Waals surface area contributed by atoms with Gasteiger partial charge in [-0.15, -0.1) is 0 Å². The molecule has 2 rings (SSSR count). The van der Waals surface area contributed by atoms with Crippen LogP contribution in [0.5, 0.6) is 0 Å². The van der Waals surface area contributed by atoms with Crippen molar-refractivity contribution in [1.29, 1.82) is 0 Å². The first-order chi connectivity index (χ1) is 8.83. The van der Waals surface area contributed by atoms with Gasteiger partial charge < -0.3 is 5.43 Å². The van der Waals surface area contributed by atoms with Gasteiger partial charge in [-0.1, -0.05) is 49.4 Å². The van der Waals surface area contributed by atoms with Crippen LogP contribution in [0.3, 0.4) is 0 Å². The lowest BCUT2D eigenvalue weighted by Gasteiger charge is -2.06. The molecule has 0 saturated carbocycles. The van der Waals surface area contributed by atoms with Crippen LogP contribution in [0.4, 0.5) is 5.69 Å². The fourth-order valence-corrected chi connectivity index (χ4v) is 1.71. The van der Waals surface area contributed by atoms with Crippen molar-refractivity contribution in [2.75, 3.05) is 0 Å². The number of hydrogen-bond donors (Lipinski definition) is 2. The normalized spacial score (nSPS) is 11.3.